The first-order valence-corrected chi connectivity index (χ1v) is 4.48. The van der Waals surface area contributed by atoms with Crippen LogP contribution in [0.2, 0.25) is 0 Å². The first kappa shape index (κ1) is 8.11. The van der Waals surface area contributed by atoms with Crippen LogP contribution in [0.25, 0.3) is 11.3 Å². The van der Waals surface area contributed by atoms with Crippen molar-refractivity contribution in [3.8, 4) is 11.3 Å². The summed E-state index contributed by atoms with van der Waals surface area (Å²) < 4.78 is 0. The minimum absolute atomic E-state index is 1.20. The molecule has 1 aromatic heterocycles. The van der Waals surface area contributed by atoms with Crippen LogP contribution in [0.15, 0.2) is 36.5 Å². The summed E-state index contributed by atoms with van der Waals surface area (Å²) in [5.41, 5.74) is 5.02. The van der Waals surface area contributed by atoms with E-state index in [0.29, 0.717) is 0 Å². The van der Waals surface area contributed by atoms with Crippen LogP contribution in [0.3, 0.4) is 0 Å². The summed E-state index contributed by atoms with van der Waals surface area (Å²) >= 11 is 0. The van der Waals surface area contributed by atoms with E-state index in [9.17, 15) is 0 Å². The standard InChI is InChI=1S/C12H13N/c1-9-4-3-5-11(6-9)12-7-10(2)8-13-12/h3-8,13H,1-2H3. The smallest absolute Gasteiger partial charge is 0.0456 e. The molecule has 1 N–H and O–H groups in total. The number of rotatable bonds is 1. The Kier molecular flexibility index (Phi) is 1.93. The number of hydrogen-bond donors (Lipinski definition) is 1. The molecule has 0 aliphatic carbocycles. The van der Waals surface area contributed by atoms with Crippen LogP contribution in [0.4, 0.5) is 0 Å². The van der Waals surface area contributed by atoms with Gasteiger partial charge in [-0.05, 0) is 37.1 Å². The fourth-order valence-corrected chi connectivity index (χ4v) is 1.48. The van der Waals surface area contributed by atoms with Crippen LogP contribution >= 0.6 is 0 Å². The molecule has 1 heteroatoms. The van der Waals surface area contributed by atoms with Crippen molar-refractivity contribution in [2.45, 2.75) is 13.8 Å². The molecule has 0 saturated heterocycles. The van der Waals surface area contributed by atoms with Crippen molar-refractivity contribution in [3.63, 3.8) is 0 Å². The highest BCUT2D eigenvalue weighted by Crippen LogP contribution is 2.19. The molecule has 1 aromatic carbocycles. The van der Waals surface area contributed by atoms with Crippen molar-refractivity contribution in [1.82, 2.24) is 4.98 Å². The van der Waals surface area contributed by atoms with Crippen LogP contribution < -0.4 is 0 Å². The molecular weight excluding hydrogens is 158 g/mol. The maximum Gasteiger partial charge on any atom is 0.0456 e. The minimum atomic E-state index is 1.20. The molecule has 0 amide bonds. The summed E-state index contributed by atoms with van der Waals surface area (Å²) in [6.07, 6.45) is 2.03. The van der Waals surface area contributed by atoms with Gasteiger partial charge in [0.1, 0.15) is 0 Å². The second-order valence-corrected chi connectivity index (χ2v) is 3.46. The molecule has 0 atom stereocenters. The Morgan fingerprint density at radius 3 is 2.46 bits per heavy atom. The largest absolute Gasteiger partial charge is 0.361 e. The molecule has 1 nitrogen and oxygen atoms in total. The highest BCUT2D eigenvalue weighted by molar-refractivity contribution is 5.60. The number of benzene rings is 1. The quantitative estimate of drug-likeness (QED) is 0.677. The third kappa shape index (κ3) is 1.64. The summed E-state index contributed by atoms with van der Waals surface area (Å²) in [5, 5.41) is 0. The van der Waals surface area contributed by atoms with E-state index in [2.05, 4.69) is 49.2 Å². The summed E-state index contributed by atoms with van der Waals surface area (Å²) in [4.78, 5) is 3.25. The Hall–Kier alpha value is -1.50. The molecule has 66 valence electrons. The summed E-state index contributed by atoms with van der Waals surface area (Å²) in [5.74, 6) is 0. The van der Waals surface area contributed by atoms with Gasteiger partial charge in [-0.25, -0.2) is 0 Å². The number of aromatic nitrogens is 1. The Balaban J connectivity index is 2.46. The van der Waals surface area contributed by atoms with E-state index in [0.717, 1.165) is 0 Å². The van der Waals surface area contributed by atoms with Gasteiger partial charge in [0.05, 0.1) is 0 Å². The third-order valence-corrected chi connectivity index (χ3v) is 2.16. The maximum atomic E-state index is 3.25. The van der Waals surface area contributed by atoms with Crippen molar-refractivity contribution in [3.05, 3.63) is 47.7 Å². The monoisotopic (exact) mass is 171 g/mol. The molecule has 13 heavy (non-hydrogen) atoms. The van der Waals surface area contributed by atoms with E-state index in [-0.39, 0.29) is 0 Å². The van der Waals surface area contributed by atoms with Gasteiger partial charge in [-0.2, -0.15) is 0 Å². The molecule has 2 rings (SSSR count). The van der Waals surface area contributed by atoms with E-state index < -0.39 is 0 Å². The van der Waals surface area contributed by atoms with Gasteiger partial charge in [-0.15, -0.1) is 0 Å². The van der Waals surface area contributed by atoms with E-state index in [4.69, 9.17) is 0 Å². The lowest BCUT2D eigenvalue weighted by molar-refractivity contribution is 1.37. The third-order valence-electron chi connectivity index (χ3n) is 2.16. The van der Waals surface area contributed by atoms with Crippen molar-refractivity contribution in [2.75, 3.05) is 0 Å². The van der Waals surface area contributed by atoms with Gasteiger partial charge < -0.3 is 4.98 Å². The minimum Gasteiger partial charge on any atom is -0.361 e. The summed E-state index contributed by atoms with van der Waals surface area (Å²) in [7, 11) is 0. The highest BCUT2D eigenvalue weighted by atomic mass is 14.7. The molecule has 0 radical (unpaired) electrons. The van der Waals surface area contributed by atoms with Crippen LogP contribution in [0, 0.1) is 13.8 Å². The van der Waals surface area contributed by atoms with E-state index in [1.807, 2.05) is 6.20 Å². The first-order valence-electron chi connectivity index (χ1n) is 4.48. The zero-order valence-electron chi connectivity index (χ0n) is 7.96. The summed E-state index contributed by atoms with van der Waals surface area (Å²) in [6.45, 7) is 4.20. The van der Waals surface area contributed by atoms with E-state index >= 15 is 0 Å². The number of H-pyrrole nitrogens is 1. The fourth-order valence-electron chi connectivity index (χ4n) is 1.48. The van der Waals surface area contributed by atoms with Crippen LogP contribution in [0.5, 0.6) is 0 Å². The zero-order valence-corrected chi connectivity index (χ0v) is 7.96. The number of aromatic amines is 1. The number of aryl methyl sites for hydroxylation is 2. The predicted molar refractivity (Wildman–Crippen MR) is 55.7 cm³/mol. The van der Waals surface area contributed by atoms with Gasteiger partial charge in [0, 0.05) is 11.9 Å². The van der Waals surface area contributed by atoms with E-state index in [1.54, 1.807) is 0 Å². The van der Waals surface area contributed by atoms with Gasteiger partial charge in [0.2, 0.25) is 0 Å². The Morgan fingerprint density at radius 2 is 1.85 bits per heavy atom. The fraction of sp³-hybridized carbons (Fsp3) is 0.167. The molecule has 0 aliphatic rings. The Morgan fingerprint density at radius 1 is 1.00 bits per heavy atom. The maximum absolute atomic E-state index is 3.25. The van der Waals surface area contributed by atoms with Gasteiger partial charge in [0.15, 0.2) is 0 Å². The second-order valence-electron chi connectivity index (χ2n) is 3.46. The lowest BCUT2D eigenvalue weighted by Crippen LogP contribution is -1.77. The van der Waals surface area contributed by atoms with Crippen molar-refractivity contribution in [2.24, 2.45) is 0 Å². The van der Waals surface area contributed by atoms with Crippen molar-refractivity contribution >= 4 is 0 Å². The van der Waals surface area contributed by atoms with Gasteiger partial charge in [-0.1, -0.05) is 23.8 Å². The van der Waals surface area contributed by atoms with Gasteiger partial charge >= 0.3 is 0 Å². The Bertz CT molecular complexity index is 413. The SMILES string of the molecule is Cc1cccc(-c2cc(C)c[nH]2)c1. The van der Waals surface area contributed by atoms with Gasteiger partial charge in [0.25, 0.3) is 0 Å². The number of hydrogen-bond acceptors (Lipinski definition) is 0. The molecule has 0 aliphatic heterocycles. The molecule has 0 fully saturated rings. The highest BCUT2D eigenvalue weighted by Gasteiger charge is 1.98. The average Bonchev–Trinajstić information content (AvgIpc) is 2.52. The van der Waals surface area contributed by atoms with Crippen molar-refractivity contribution < 1.29 is 0 Å². The van der Waals surface area contributed by atoms with Crippen molar-refractivity contribution in [1.29, 1.82) is 0 Å². The molecule has 1 heterocycles. The predicted octanol–water partition coefficient (Wildman–Crippen LogP) is 3.30. The van der Waals surface area contributed by atoms with Crippen LogP contribution in [0.1, 0.15) is 11.1 Å². The normalized spacial score (nSPS) is 10.3. The molecule has 0 bridgehead atoms. The first-order chi connectivity index (χ1) is 6.25. The number of nitrogens with one attached hydrogen (secondary N) is 1. The molecule has 2 aromatic rings. The average molecular weight is 171 g/mol. The lowest BCUT2D eigenvalue weighted by Gasteiger charge is -1.98. The lowest BCUT2D eigenvalue weighted by atomic mass is 10.1. The Labute approximate surface area is 78.4 Å². The molecule has 0 unspecified atom stereocenters. The zero-order chi connectivity index (χ0) is 9.26. The topological polar surface area (TPSA) is 15.8 Å². The second kappa shape index (κ2) is 3.09. The summed E-state index contributed by atoms with van der Waals surface area (Å²) in [6, 6.07) is 10.7. The van der Waals surface area contributed by atoms with E-state index in [1.165, 1.54) is 22.4 Å². The van der Waals surface area contributed by atoms with Crippen LogP contribution in [-0.4, -0.2) is 4.98 Å². The van der Waals surface area contributed by atoms with Crippen LogP contribution in [-0.2, 0) is 0 Å². The molecule has 0 saturated carbocycles. The molecular formula is C12H13N. The molecule has 0 spiro atoms. The van der Waals surface area contributed by atoms with Gasteiger partial charge in [-0.3, -0.25) is 0 Å².